The van der Waals surface area contributed by atoms with E-state index < -0.39 is 17.8 Å². The molecule has 28 heavy (non-hydrogen) atoms. The number of rotatable bonds is 4. The average molecular weight is 392 g/mol. The van der Waals surface area contributed by atoms with Gasteiger partial charge in [-0.05, 0) is 56.7 Å². The standard InChI is InChI=1S/C21H29FN2O4/c1-24-11-10-21(13-28-19(22)20(26)23-21)18(24)12-27-15-8-6-14(7-9-15)16-4-2-3-5-17(16)25/h2-5,14-15,18-19,25H,6-13H2,1H3,(H,23,26). The summed E-state index contributed by atoms with van der Waals surface area (Å²) in [6.07, 6.45) is 2.88. The molecule has 1 saturated carbocycles. The first-order valence-electron chi connectivity index (χ1n) is 10.2. The summed E-state index contributed by atoms with van der Waals surface area (Å²) < 4.78 is 24.7. The van der Waals surface area contributed by atoms with Gasteiger partial charge in [0.2, 0.25) is 0 Å². The number of ether oxygens (including phenoxy) is 2. The molecule has 4 rings (SSSR count). The number of nitrogens with zero attached hydrogens (tertiary/aromatic N) is 1. The zero-order valence-electron chi connectivity index (χ0n) is 16.3. The second-order valence-corrected chi connectivity index (χ2v) is 8.38. The third kappa shape index (κ3) is 3.75. The summed E-state index contributed by atoms with van der Waals surface area (Å²) in [5.74, 6) is 0.0596. The molecule has 1 aromatic carbocycles. The normalized spacial score (nSPS) is 36.6. The fourth-order valence-corrected chi connectivity index (χ4v) is 4.96. The number of phenolic OH excluding ortho intramolecular Hbond substituents is 1. The Labute approximate surface area is 165 Å². The van der Waals surface area contributed by atoms with Crippen molar-refractivity contribution in [1.29, 1.82) is 0 Å². The number of nitrogens with one attached hydrogen (secondary N) is 1. The molecule has 154 valence electrons. The number of amides is 1. The fourth-order valence-electron chi connectivity index (χ4n) is 4.96. The molecule has 3 atom stereocenters. The lowest BCUT2D eigenvalue weighted by molar-refractivity contribution is -0.165. The van der Waals surface area contributed by atoms with Crippen molar-refractivity contribution < 1.29 is 23.8 Å². The molecular formula is C21H29FN2O4. The molecule has 3 aliphatic rings. The summed E-state index contributed by atoms with van der Waals surface area (Å²) >= 11 is 0. The molecule has 1 aliphatic carbocycles. The molecule has 6 nitrogen and oxygen atoms in total. The van der Waals surface area contributed by atoms with Crippen LogP contribution in [0.1, 0.15) is 43.6 Å². The predicted molar refractivity (Wildman–Crippen MR) is 102 cm³/mol. The van der Waals surface area contributed by atoms with Crippen LogP contribution in [0.5, 0.6) is 5.75 Å². The number of hydrogen-bond acceptors (Lipinski definition) is 5. The van der Waals surface area contributed by atoms with Gasteiger partial charge in [-0.15, -0.1) is 0 Å². The lowest BCUT2D eigenvalue weighted by Crippen LogP contribution is -2.65. The summed E-state index contributed by atoms with van der Waals surface area (Å²) in [4.78, 5) is 14.0. The Morgan fingerprint density at radius 1 is 1.32 bits per heavy atom. The molecule has 0 radical (unpaired) electrons. The van der Waals surface area contributed by atoms with Crippen LogP contribution in [0.4, 0.5) is 4.39 Å². The Kier molecular flexibility index (Phi) is 5.58. The minimum atomic E-state index is -1.87. The minimum absolute atomic E-state index is 0.0279. The number of morpholine rings is 1. The van der Waals surface area contributed by atoms with E-state index in [0.717, 1.165) is 44.2 Å². The second kappa shape index (κ2) is 7.97. The third-order valence-corrected chi connectivity index (χ3v) is 6.69. The zero-order valence-corrected chi connectivity index (χ0v) is 16.3. The quantitative estimate of drug-likeness (QED) is 0.823. The van der Waals surface area contributed by atoms with Gasteiger partial charge < -0.3 is 19.9 Å². The number of aromatic hydroxyl groups is 1. The number of carbonyl (C=O) groups excluding carboxylic acids is 1. The predicted octanol–water partition coefficient (Wildman–Crippen LogP) is 2.32. The highest BCUT2D eigenvalue weighted by Gasteiger charge is 2.51. The lowest BCUT2D eigenvalue weighted by atomic mass is 9.82. The topological polar surface area (TPSA) is 71.0 Å². The van der Waals surface area contributed by atoms with Gasteiger partial charge in [-0.2, -0.15) is 0 Å². The van der Waals surface area contributed by atoms with E-state index in [1.54, 1.807) is 6.07 Å². The van der Waals surface area contributed by atoms with Gasteiger partial charge in [0.25, 0.3) is 12.3 Å². The van der Waals surface area contributed by atoms with Crippen molar-refractivity contribution >= 4 is 5.91 Å². The van der Waals surface area contributed by atoms with Crippen LogP contribution < -0.4 is 5.32 Å². The molecule has 1 amide bonds. The van der Waals surface area contributed by atoms with E-state index in [0.29, 0.717) is 18.3 Å². The number of phenols is 1. The van der Waals surface area contributed by atoms with Gasteiger partial charge in [-0.25, -0.2) is 4.39 Å². The Bertz CT molecular complexity index is 709. The highest BCUT2D eigenvalue weighted by Crippen LogP contribution is 2.38. The summed E-state index contributed by atoms with van der Waals surface area (Å²) in [5, 5.41) is 12.9. The molecule has 1 aromatic rings. The van der Waals surface area contributed by atoms with Gasteiger partial charge in [0.15, 0.2) is 0 Å². The summed E-state index contributed by atoms with van der Waals surface area (Å²) in [7, 11) is 2.01. The second-order valence-electron chi connectivity index (χ2n) is 8.38. The van der Waals surface area contributed by atoms with Crippen molar-refractivity contribution in [3.8, 4) is 5.75 Å². The number of benzene rings is 1. The molecule has 1 spiro atoms. The van der Waals surface area contributed by atoms with E-state index in [1.807, 2.05) is 25.2 Å². The summed E-state index contributed by atoms with van der Waals surface area (Å²) in [6, 6.07) is 7.54. The van der Waals surface area contributed by atoms with E-state index >= 15 is 0 Å². The van der Waals surface area contributed by atoms with Crippen LogP contribution in [0.3, 0.4) is 0 Å². The van der Waals surface area contributed by atoms with Crippen molar-refractivity contribution in [3.63, 3.8) is 0 Å². The first-order valence-corrected chi connectivity index (χ1v) is 10.2. The van der Waals surface area contributed by atoms with Crippen LogP contribution in [0.15, 0.2) is 24.3 Å². The molecule has 2 N–H and O–H groups in total. The molecule has 2 saturated heterocycles. The average Bonchev–Trinajstić information content (AvgIpc) is 2.99. The first-order chi connectivity index (χ1) is 13.5. The Morgan fingerprint density at radius 2 is 2.07 bits per heavy atom. The summed E-state index contributed by atoms with van der Waals surface area (Å²) in [5.41, 5.74) is 0.458. The van der Waals surface area contributed by atoms with Crippen LogP contribution >= 0.6 is 0 Å². The maximum absolute atomic E-state index is 13.4. The van der Waals surface area contributed by atoms with Crippen LogP contribution in [0.25, 0.3) is 0 Å². The van der Waals surface area contributed by atoms with E-state index in [-0.39, 0.29) is 18.8 Å². The van der Waals surface area contributed by atoms with Gasteiger partial charge in [0, 0.05) is 6.54 Å². The third-order valence-electron chi connectivity index (χ3n) is 6.69. The van der Waals surface area contributed by atoms with Gasteiger partial charge in [0.1, 0.15) is 5.75 Å². The van der Waals surface area contributed by atoms with Crippen LogP contribution in [-0.2, 0) is 14.3 Å². The minimum Gasteiger partial charge on any atom is -0.508 e. The van der Waals surface area contributed by atoms with E-state index in [9.17, 15) is 14.3 Å². The molecule has 2 aliphatic heterocycles. The number of likely N-dealkylation sites (tertiary alicyclic amines) is 1. The van der Waals surface area contributed by atoms with E-state index in [4.69, 9.17) is 9.47 Å². The van der Waals surface area contributed by atoms with E-state index in [1.165, 1.54) is 0 Å². The van der Waals surface area contributed by atoms with Crippen LogP contribution in [-0.4, -0.2) is 66.8 Å². The number of hydrogen-bond donors (Lipinski definition) is 2. The van der Waals surface area contributed by atoms with Gasteiger partial charge >= 0.3 is 0 Å². The SMILES string of the molecule is CN1CCC2(COC(F)C(=O)N2)C1COC1CCC(c2ccccc2O)CC1. The molecule has 3 fully saturated rings. The maximum Gasteiger partial charge on any atom is 0.282 e. The van der Waals surface area contributed by atoms with Crippen molar-refractivity contribution in [1.82, 2.24) is 10.2 Å². The van der Waals surface area contributed by atoms with Crippen molar-refractivity contribution in [2.75, 3.05) is 26.8 Å². The molecular weight excluding hydrogens is 363 g/mol. The van der Waals surface area contributed by atoms with Gasteiger partial charge in [-0.1, -0.05) is 18.2 Å². The van der Waals surface area contributed by atoms with Crippen LogP contribution in [0, 0.1) is 0 Å². The molecule has 3 unspecified atom stereocenters. The Balaban J connectivity index is 1.32. The Morgan fingerprint density at radius 3 is 2.79 bits per heavy atom. The van der Waals surface area contributed by atoms with Crippen molar-refractivity contribution in [2.45, 2.75) is 62.1 Å². The molecule has 7 heteroatoms. The number of halogens is 1. The van der Waals surface area contributed by atoms with Gasteiger partial charge in [-0.3, -0.25) is 9.69 Å². The first kappa shape index (κ1) is 19.6. The Hall–Kier alpha value is -1.70. The lowest BCUT2D eigenvalue weighted by Gasteiger charge is -2.41. The molecule has 0 aromatic heterocycles. The number of para-hydroxylation sites is 1. The fraction of sp³-hybridized carbons (Fsp3) is 0.667. The summed E-state index contributed by atoms with van der Waals surface area (Å²) in [6.45, 7) is 1.48. The van der Waals surface area contributed by atoms with Crippen molar-refractivity contribution in [2.24, 2.45) is 0 Å². The largest absolute Gasteiger partial charge is 0.508 e. The highest BCUT2D eigenvalue weighted by molar-refractivity contribution is 5.81. The zero-order chi connectivity index (χ0) is 19.7. The smallest absolute Gasteiger partial charge is 0.282 e. The number of likely N-dealkylation sites (N-methyl/N-ethyl adjacent to an activating group) is 1. The highest BCUT2D eigenvalue weighted by atomic mass is 19.1. The molecule has 2 heterocycles. The number of carbonyl (C=O) groups is 1. The monoisotopic (exact) mass is 392 g/mol. The number of alkyl halides is 1. The van der Waals surface area contributed by atoms with E-state index in [2.05, 4.69) is 10.2 Å². The van der Waals surface area contributed by atoms with Gasteiger partial charge in [0.05, 0.1) is 30.9 Å². The van der Waals surface area contributed by atoms with Crippen molar-refractivity contribution in [3.05, 3.63) is 29.8 Å². The molecule has 0 bridgehead atoms. The maximum atomic E-state index is 13.4. The van der Waals surface area contributed by atoms with Crippen LogP contribution in [0.2, 0.25) is 0 Å².